The van der Waals surface area contributed by atoms with E-state index in [2.05, 4.69) is 31.3 Å². The van der Waals surface area contributed by atoms with Gasteiger partial charge in [-0.05, 0) is 26.0 Å². The number of hydrogen-bond donors (Lipinski definition) is 1. The highest BCUT2D eigenvalue weighted by Crippen LogP contribution is 2.21. The molecule has 0 spiro atoms. The maximum Gasteiger partial charge on any atom is 0.0701 e. The van der Waals surface area contributed by atoms with Crippen molar-refractivity contribution in [1.82, 2.24) is 5.32 Å². The zero-order valence-electron chi connectivity index (χ0n) is 12.1. The van der Waals surface area contributed by atoms with Crippen LogP contribution in [0.3, 0.4) is 0 Å². The zero-order valence-corrected chi connectivity index (χ0v) is 12.9. The van der Waals surface area contributed by atoms with Crippen molar-refractivity contribution in [3.63, 3.8) is 0 Å². The molecule has 1 aromatic heterocycles. The van der Waals surface area contributed by atoms with E-state index in [-0.39, 0.29) is 0 Å². The molecule has 0 aliphatic carbocycles. The minimum Gasteiger partial charge on any atom is -0.382 e. The topological polar surface area (TPSA) is 39.7 Å². The van der Waals surface area contributed by atoms with Crippen LogP contribution in [0, 0.1) is 6.92 Å². The maximum absolute atomic E-state index is 5.48. The summed E-state index contributed by atoms with van der Waals surface area (Å²) < 4.78 is 15.7. The molecule has 0 aliphatic rings. The van der Waals surface area contributed by atoms with Crippen molar-refractivity contribution in [1.29, 1.82) is 0 Å². The Morgan fingerprint density at radius 2 is 1.79 bits per heavy atom. The van der Waals surface area contributed by atoms with Gasteiger partial charge in [-0.1, -0.05) is 0 Å². The van der Waals surface area contributed by atoms with Crippen LogP contribution < -0.4 is 5.32 Å². The normalized spacial score (nSPS) is 12.8. The third kappa shape index (κ3) is 7.64. The largest absolute Gasteiger partial charge is 0.382 e. The molecule has 19 heavy (non-hydrogen) atoms. The second kappa shape index (κ2) is 10.3. The fraction of sp³-hybridized carbons (Fsp3) is 0.714. The summed E-state index contributed by atoms with van der Waals surface area (Å²) in [5.41, 5.74) is 0. The highest BCUT2D eigenvalue weighted by atomic mass is 32.1. The van der Waals surface area contributed by atoms with Gasteiger partial charge in [0.1, 0.15) is 0 Å². The molecule has 1 unspecified atom stereocenters. The van der Waals surface area contributed by atoms with Gasteiger partial charge >= 0.3 is 0 Å². The van der Waals surface area contributed by atoms with Gasteiger partial charge in [-0.25, -0.2) is 0 Å². The second-order valence-electron chi connectivity index (χ2n) is 4.34. The van der Waals surface area contributed by atoms with E-state index >= 15 is 0 Å². The lowest BCUT2D eigenvalue weighted by Crippen LogP contribution is -2.23. The van der Waals surface area contributed by atoms with E-state index in [1.54, 1.807) is 7.11 Å². The smallest absolute Gasteiger partial charge is 0.0701 e. The Labute approximate surface area is 120 Å². The molecular weight excluding hydrogens is 262 g/mol. The van der Waals surface area contributed by atoms with E-state index in [9.17, 15) is 0 Å². The molecule has 0 fully saturated rings. The molecule has 0 bridgehead atoms. The van der Waals surface area contributed by atoms with E-state index in [0.29, 0.717) is 39.1 Å². The summed E-state index contributed by atoms with van der Waals surface area (Å²) in [7, 11) is 1.67. The molecule has 5 heteroatoms. The van der Waals surface area contributed by atoms with Gasteiger partial charge in [-0.3, -0.25) is 0 Å². The third-order valence-corrected chi connectivity index (χ3v) is 3.87. The first-order chi connectivity index (χ1) is 9.24. The van der Waals surface area contributed by atoms with Crippen LogP contribution in [0.5, 0.6) is 0 Å². The van der Waals surface area contributed by atoms with E-state index in [1.807, 2.05) is 11.3 Å². The van der Waals surface area contributed by atoms with Crippen LogP contribution in [-0.4, -0.2) is 46.7 Å². The van der Waals surface area contributed by atoms with E-state index in [4.69, 9.17) is 14.2 Å². The fourth-order valence-corrected chi connectivity index (χ4v) is 2.50. The number of hydrogen-bond acceptors (Lipinski definition) is 5. The van der Waals surface area contributed by atoms with Crippen LogP contribution >= 0.6 is 11.3 Å². The average molecular weight is 287 g/mol. The molecule has 4 nitrogen and oxygen atoms in total. The molecule has 0 aromatic carbocycles. The van der Waals surface area contributed by atoms with Crippen molar-refractivity contribution in [3.8, 4) is 0 Å². The number of aryl methyl sites for hydroxylation is 1. The lowest BCUT2D eigenvalue weighted by Gasteiger charge is -2.12. The SMILES string of the molecule is COCCOCCOCCNC(C)c1ccc(C)s1. The predicted octanol–water partition coefficient (Wildman–Crippen LogP) is 2.39. The molecule has 1 heterocycles. The molecule has 1 N–H and O–H groups in total. The van der Waals surface area contributed by atoms with Gasteiger partial charge in [0, 0.05) is 29.5 Å². The van der Waals surface area contributed by atoms with Crippen molar-refractivity contribution < 1.29 is 14.2 Å². The number of methoxy groups -OCH3 is 1. The summed E-state index contributed by atoms with van der Waals surface area (Å²) >= 11 is 1.84. The fourth-order valence-electron chi connectivity index (χ4n) is 1.60. The van der Waals surface area contributed by atoms with Crippen LogP contribution in [0.4, 0.5) is 0 Å². The summed E-state index contributed by atoms with van der Waals surface area (Å²) in [5.74, 6) is 0. The van der Waals surface area contributed by atoms with E-state index in [1.165, 1.54) is 9.75 Å². The lowest BCUT2D eigenvalue weighted by atomic mass is 10.3. The van der Waals surface area contributed by atoms with Gasteiger partial charge in [0.2, 0.25) is 0 Å². The lowest BCUT2D eigenvalue weighted by molar-refractivity contribution is 0.0253. The average Bonchev–Trinajstić information content (AvgIpc) is 2.83. The van der Waals surface area contributed by atoms with Crippen molar-refractivity contribution in [2.75, 3.05) is 46.7 Å². The van der Waals surface area contributed by atoms with Crippen LogP contribution in [0.2, 0.25) is 0 Å². The summed E-state index contributed by atoms with van der Waals surface area (Å²) in [6.07, 6.45) is 0. The van der Waals surface area contributed by atoms with Gasteiger partial charge in [0.25, 0.3) is 0 Å². The van der Waals surface area contributed by atoms with Gasteiger partial charge in [0.15, 0.2) is 0 Å². The summed E-state index contributed by atoms with van der Waals surface area (Å²) in [5, 5.41) is 3.45. The molecular formula is C14H25NO3S. The number of nitrogens with one attached hydrogen (secondary N) is 1. The Morgan fingerprint density at radius 3 is 2.42 bits per heavy atom. The van der Waals surface area contributed by atoms with Crippen molar-refractivity contribution in [2.45, 2.75) is 19.9 Å². The van der Waals surface area contributed by atoms with E-state index < -0.39 is 0 Å². The Kier molecular flexibility index (Phi) is 9.03. The molecule has 1 atom stereocenters. The Balaban J connectivity index is 1.93. The molecule has 0 radical (unpaired) electrons. The highest BCUT2D eigenvalue weighted by Gasteiger charge is 2.05. The second-order valence-corrected chi connectivity index (χ2v) is 5.66. The molecule has 1 rings (SSSR count). The molecule has 0 saturated carbocycles. The van der Waals surface area contributed by atoms with Crippen LogP contribution in [0.1, 0.15) is 22.7 Å². The van der Waals surface area contributed by atoms with Gasteiger partial charge in [0.05, 0.1) is 33.0 Å². The Morgan fingerprint density at radius 1 is 1.11 bits per heavy atom. The predicted molar refractivity (Wildman–Crippen MR) is 79.0 cm³/mol. The first-order valence-corrected chi connectivity index (χ1v) is 7.50. The summed E-state index contributed by atoms with van der Waals surface area (Å²) in [4.78, 5) is 2.73. The van der Waals surface area contributed by atoms with Crippen LogP contribution in [0.15, 0.2) is 12.1 Å². The minimum absolute atomic E-state index is 0.389. The van der Waals surface area contributed by atoms with Crippen LogP contribution in [0.25, 0.3) is 0 Å². The number of ether oxygens (including phenoxy) is 3. The quantitative estimate of drug-likeness (QED) is 0.634. The molecule has 0 aliphatic heterocycles. The monoisotopic (exact) mass is 287 g/mol. The first kappa shape index (κ1) is 16.6. The Hall–Kier alpha value is -0.460. The van der Waals surface area contributed by atoms with Crippen molar-refractivity contribution in [2.24, 2.45) is 0 Å². The van der Waals surface area contributed by atoms with Crippen LogP contribution in [-0.2, 0) is 14.2 Å². The summed E-state index contributed by atoms with van der Waals surface area (Å²) in [6.45, 7) is 8.42. The standard InChI is InChI=1S/C14H25NO3S/c1-12-4-5-14(19-12)13(2)15-6-7-17-10-11-18-9-8-16-3/h4-5,13,15H,6-11H2,1-3H3. The zero-order chi connectivity index (χ0) is 13.9. The Bertz CT molecular complexity index is 330. The minimum atomic E-state index is 0.389. The number of thiophene rings is 1. The van der Waals surface area contributed by atoms with E-state index in [0.717, 1.165) is 6.54 Å². The van der Waals surface area contributed by atoms with Gasteiger partial charge in [-0.15, -0.1) is 11.3 Å². The van der Waals surface area contributed by atoms with Gasteiger partial charge in [-0.2, -0.15) is 0 Å². The highest BCUT2D eigenvalue weighted by molar-refractivity contribution is 7.12. The van der Waals surface area contributed by atoms with Gasteiger partial charge < -0.3 is 19.5 Å². The van der Waals surface area contributed by atoms with Crippen molar-refractivity contribution >= 4 is 11.3 Å². The molecule has 0 amide bonds. The number of rotatable bonds is 11. The molecule has 1 aromatic rings. The third-order valence-electron chi connectivity index (χ3n) is 2.69. The van der Waals surface area contributed by atoms with Crippen molar-refractivity contribution in [3.05, 3.63) is 21.9 Å². The first-order valence-electron chi connectivity index (χ1n) is 6.68. The molecule has 110 valence electrons. The maximum atomic E-state index is 5.48. The summed E-state index contributed by atoms with van der Waals surface area (Å²) in [6, 6.07) is 4.73. The molecule has 0 saturated heterocycles.